The van der Waals surface area contributed by atoms with Gasteiger partial charge in [-0.25, -0.2) is 15.0 Å². The Kier molecular flexibility index (Phi) is 5.42. The molecule has 27 heavy (non-hydrogen) atoms. The summed E-state index contributed by atoms with van der Waals surface area (Å²) in [5, 5.41) is 0.289. The Balaban J connectivity index is 1.85. The van der Waals surface area contributed by atoms with E-state index < -0.39 is 0 Å². The van der Waals surface area contributed by atoms with Gasteiger partial charge in [0, 0.05) is 13.0 Å². The van der Waals surface area contributed by atoms with Crippen LogP contribution in [0.3, 0.4) is 0 Å². The molecule has 0 aliphatic carbocycles. The summed E-state index contributed by atoms with van der Waals surface area (Å²) < 4.78 is 13.4. The third-order valence-electron chi connectivity index (χ3n) is 4.54. The van der Waals surface area contributed by atoms with Crippen molar-refractivity contribution in [3.8, 4) is 23.4 Å². The van der Waals surface area contributed by atoms with Crippen LogP contribution in [0.5, 0.6) is 0 Å². The maximum atomic E-state index is 6.43. The van der Waals surface area contributed by atoms with E-state index in [4.69, 9.17) is 20.8 Å². The van der Waals surface area contributed by atoms with E-state index in [0.717, 1.165) is 45.1 Å². The lowest BCUT2D eigenvalue weighted by Crippen LogP contribution is -2.19. The van der Waals surface area contributed by atoms with Crippen LogP contribution < -0.4 is 0 Å². The predicted octanol–water partition coefficient (Wildman–Crippen LogP) is 4.98. The summed E-state index contributed by atoms with van der Waals surface area (Å²) in [6.07, 6.45) is 7.51. The van der Waals surface area contributed by atoms with E-state index in [1.807, 2.05) is 4.57 Å². The standard InChI is InChI=1S/C20H21ClN4O2/c1-2-3-4-5-10-15-22-17-18(21)23-19(14-9-8-13-26-14)24-20(17)25(15)16-11-6-7-12-27-16/h8-9,13,16H,2-4,6-7,11-12H2,1H3. The lowest BCUT2D eigenvalue weighted by atomic mass is 10.2. The highest BCUT2D eigenvalue weighted by molar-refractivity contribution is 6.33. The SMILES string of the molecule is CCCCC#Cc1nc2c(Cl)nc(-c3ccco3)nc2n1C1CCCCO1. The van der Waals surface area contributed by atoms with Gasteiger partial charge in [-0.1, -0.05) is 30.9 Å². The summed E-state index contributed by atoms with van der Waals surface area (Å²) in [5.41, 5.74) is 1.18. The fourth-order valence-electron chi connectivity index (χ4n) is 3.15. The molecular formula is C20H21ClN4O2. The molecule has 0 spiro atoms. The molecule has 140 valence electrons. The number of furan rings is 1. The molecule has 3 aromatic heterocycles. The van der Waals surface area contributed by atoms with Crippen LogP contribution >= 0.6 is 11.6 Å². The minimum Gasteiger partial charge on any atom is -0.461 e. The van der Waals surface area contributed by atoms with Crippen molar-refractivity contribution in [2.45, 2.75) is 51.7 Å². The molecule has 6 nitrogen and oxygen atoms in total. The summed E-state index contributed by atoms with van der Waals surface area (Å²) >= 11 is 6.43. The summed E-state index contributed by atoms with van der Waals surface area (Å²) in [6, 6.07) is 3.60. The van der Waals surface area contributed by atoms with Crippen LogP contribution in [0.15, 0.2) is 22.8 Å². The Morgan fingerprint density at radius 3 is 2.96 bits per heavy atom. The summed E-state index contributed by atoms with van der Waals surface area (Å²) in [4.78, 5) is 13.7. The first kappa shape index (κ1) is 18.0. The number of imidazole rings is 1. The van der Waals surface area contributed by atoms with Gasteiger partial charge >= 0.3 is 0 Å². The highest BCUT2D eigenvalue weighted by atomic mass is 35.5. The lowest BCUT2D eigenvalue weighted by Gasteiger charge is -2.24. The number of unbranched alkanes of at least 4 members (excludes halogenated alkanes) is 2. The van der Waals surface area contributed by atoms with Gasteiger partial charge in [0.1, 0.15) is 11.7 Å². The van der Waals surface area contributed by atoms with Crippen molar-refractivity contribution >= 4 is 22.8 Å². The number of fused-ring (bicyclic) bond motifs is 1. The van der Waals surface area contributed by atoms with Crippen LogP contribution in [0, 0.1) is 11.8 Å². The maximum absolute atomic E-state index is 6.43. The van der Waals surface area contributed by atoms with Crippen molar-refractivity contribution in [2.24, 2.45) is 0 Å². The quantitative estimate of drug-likeness (QED) is 0.360. The normalized spacial score (nSPS) is 17.0. The van der Waals surface area contributed by atoms with Crippen molar-refractivity contribution in [1.82, 2.24) is 19.5 Å². The summed E-state index contributed by atoms with van der Waals surface area (Å²) in [6.45, 7) is 2.87. The van der Waals surface area contributed by atoms with Crippen molar-refractivity contribution in [2.75, 3.05) is 6.61 Å². The minimum absolute atomic E-state index is 0.144. The molecule has 1 aliphatic heterocycles. The van der Waals surface area contributed by atoms with Crippen molar-refractivity contribution in [1.29, 1.82) is 0 Å². The van der Waals surface area contributed by atoms with Crippen molar-refractivity contribution in [3.63, 3.8) is 0 Å². The van der Waals surface area contributed by atoms with Gasteiger partial charge in [0.05, 0.1) is 6.26 Å². The van der Waals surface area contributed by atoms with Gasteiger partial charge < -0.3 is 9.15 Å². The number of hydrogen-bond acceptors (Lipinski definition) is 5. The molecule has 3 aromatic rings. The van der Waals surface area contributed by atoms with Gasteiger partial charge in [0.25, 0.3) is 0 Å². The lowest BCUT2D eigenvalue weighted by molar-refractivity contribution is -0.0302. The highest BCUT2D eigenvalue weighted by Gasteiger charge is 2.25. The van der Waals surface area contributed by atoms with Crippen molar-refractivity contribution < 1.29 is 9.15 Å². The first-order valence-electron chi connectivity index (χ1n) is 9.37. The average Bonchev–Trinajstić information content (AvgIpc) is 3.34. The number of nitrogens with zero attached hydrogens (tertiary/aromatic N) is 4. The molecule has 1 atom stereocenters. The number of ether oxygens (including phenoxy) is 1. The van der Waals surface area contributed by atoms with E-state index in [1.54, 1.807) is 18.4 Å². The molecule has 7 heteroatoms. The zero-order valence-electron chi connectivity index (χ0n) is 15.2. The molecular weight excluding hydrogens is 364 g/mol. The van der Waals surface area contributed by atoms with Gasteiger partial charge in [0.2, 0.25) is 0 Å². The van der Waals surface area contributed by atoms with E-state index in [2.05, 4.69) is 33.7 Å². The molecule has 0 bridgehead atoms. The largest absolute Gasteiger partial charge is 0.461 e. The van der Waals surface area contributed by atoms with Crippen LogP contribution in [0.2, 0.25) is 5.15 Å². The van der Waals surface area contributed by atoms with Crippen molar-refractivity contribution in [3.05, 3.63) is 29.4 Å². The third-order valence-corrected chi connectivity index (χ3v) is 4.80. The van der Waals surface area contributed by atoms with Gasteiger partial charge in [-0.2, -0.15) is 0 Å². The molecule has 0 amide bonds. The van der Waals surface area contributed by atoms with E-state index in [1.165, 1.54) is 0 Å². The summed E-state index contributed by atoms with van der Waals surface area (Å²) in [5.74, 6) is 8.01. The second-order valence-electron chi connectivity index (χ2n) is 6.52. The zero-order chi connectivity index (χ0) is 18.6. The Labute approximate surface area is 162 Å². The van der Waals surface area contributed by atoms with Gasteiger partial charge in [-0.15, -0.1) is 0 Å². The third kappa shape index (κ3) is 3.71. The van der Waals surface area contributed by atoms with Crippen LogP contribution in [-0.2, 0) is 4.74 Å². The smallest absolute Gasteiger partial charge is 0.199 e. The number of hydrogen-bond donors (Lipinski definition) is 0. The molecule has 1 fully saturated rings. The second-order valence-corrected chi connectivity index (χ2v) is 6.88. The minimum atomic E-state index is -0.144. The van der Waals surface area contributed by atoms with E-state index in [-0.39, 0.29) is 11.4 Å². The first-order chi connectivity index (χ1) is 13.3. The molecule has 4 rings (SSSR count). The van der Waals surface area contributed by atoms with E-state index in [9.17, 15) is 0 Å². The molecule has 4 heterocycles. The number of rotatable bonds is 4. The summed E-state index contributed by atoms with van der Waals surface area (Å²) in [7, 11) is 0. The second kappa shape index (κ2) is 8.12. The molecule has 0 radical (unpaired) electrons. The fraction of sp³-hybridized carbons (Fsp3) is 0.450. The average molecular weight is 385 g/mol. The molecule has 0 aromatic carbocycles. The van der Waals surface area contributed by atoms with Crippen LogP contribution in [-0.4, -0.2) is 26.1 Å². The Bertz CT molecular complexity index is 979. The number of aromatic nitrogens is 4. The topological polar surface area (TPSA) is 66.0 Å². The molecule has 0 saturated carbocycles. The van der Waals surface area contributed by atoms with E-state index >= 15 is 0 Å². The molecule has 1 aliphatic rings. The molecule has 1 unspecified atom stereocenters. The first-order valence-corrected chi connectivity index (χ1v) is 9.75. The van der Waals surface area contributed by atoms with Gasteiger partial charge in [-0.3, -0.25) is 4.57 Å². The maximum Gasteiger partial charge on any atom is 0.199 e. The number of halogens is 1. The van der Waals surface area contributed by atoms with Crippen LogP contribution in [0.4, 0.5) is 0 Å². The molecule has 0 N–H and O–H groups in total. The predicted molar refractivity (Wildman–Crippen MR) is 103 cm³/mol. The van der Waals surface area contributed by atoms with Crippen LogP contribution in [0.1, 0.15) is 57.5 Å². The monoisotopic (exact) mass is 384 g/mol. The Morgan fingerprint density at radius 1 is 1.30 bits per heavy atom. The van der Waals surface area contributed by atoms with Gasteiger partial charge in [-0.05, 0) is 43.7 Å². The highest BCUT2D eigenvalue weighted by Crippen LogP contribution is 2.31. The van der Waals surface area contributed by atoms with Gasteiger partial charge in [0.15, 0.2) is 28.2 Å². The van der Waals surface area contributed by atoms with E-state index in [0.29, 0.717) is 28.6 Å². The fourth-order valence-corrected chi connectivity index (χ4v) is 3.36. The molecule has 1 saturated heterocycles. The zero-order valence-corrected chi connectivity index (χ0v) is 16.0. The Hall–Kier alpha value is -2.36. The Morgan fingerprint density at radius 2 is 2.22 bits per heavy atom. The van der Waals surface area contributed by atoms with Crippen LogP contribution in [0.25, 0.3) is 22.7 Å².